The number of hydrogen-bond donors (Lipinski definition) is 3. The lowest BCUT2D eigenvalue weighted by Crippen LogP contribution is -2.01. The molecule has 0 saturated carbocycles. The summed E-state index contributed by atoms with van der Waals surface area (Å²) < 4.78 is 0. The van der Waals surface area contributed by atoms with E-state index < -0.39 is 5.97 Å². The molecule has 0 unspecified atom stereocenters. The zero-order valence-corrected chi connectivity index (χ0v) is 9.42. The fourth-order valence-electron chi connectivity index (χ4n) is 0.816. The number of rotatable bonds is 6. The van der Waals surface area contributed by atoms with Gasteiger partial charge in [-0.1, -0.05) is 6.58 Å². The predicted molar refractivity (Wildman–Crippen MR) is 68.8 cm³/mol. The summed E-state index contributed by atoms with van der Waals surface area (Å²) in [5, 5.41) is 15.5. The fraction of sp³-hybridized carbons (Fsp3) is 0.0909. The van der Waals surface area contributed by atoms with Crippen LogP contribution in [0.1, 0.15) is 0 Å². The normalized spacial score (nSPS) is 13.2. The number of aliphatic imine (C=N–C) groups is 2. The second kappa shape index (κ2) is 7.75. The van der Waals surface area contributed by atoms with E-state index in [9.17, 15) is 4.79 Å². The van der Waals surface area contributed by atoms with Crippen LogP contribution >= 0.6 is 0 Å². The molecule has 6 heteroatoms. The Balaban J connectivity index is 4.80. The molecule has 0 rings (SSSR count). The summed E-state index contributed by atoms with van der Waals surface area (Å²) in [5.74, 6) is -1.19. The molecule has 0 atom stereocenters. The second-order valence-corrected chi connectivity index (χ2v) is 2.81. The molecule has 0 aliphatic carbocycles. The molecule has 0 heterocycles. The molecule has 0 aromatic carbocycles. The molecule has 0 aliphatic heterocycles. The highest BCUT2D eigenvalue weighted by atomic mass is 16.4. The van der Waals surface area contributed by atoms with Crippen LogP contribution in [0.25, 0.3) is 0 Å². The first kappa shape index (κ1) is 14.5. The smallest absolute Gasteiger partial charge is 0.337 e. The summed E-state index contributed by atoms with van der Waals surface area (Å²) in [7, 11) is 1.58. The van der Waals surface area contributed by atoms with E-state index in [0.717, 1.165) is 6.21 Å². The number of aliphatic carboxylic acids is 1. The third kappa shape index (κ3) is 5.22. The van der Waals surface area contributed by atoms with E-state index in [1.54, 1.807) is 7.05 Å². The number of nitrogens with zero attached hydrogens (tertiary/aromatic N) is 2. The van der Waals surface area contributed by atoms with Gasteiger partial charge in [0.2, 0.25) is 0 Å². The fourth-order valence-corrected chi connectivity index (χ4v) is 0.816. The highest BCUT2D eigenvalue weighted by Crippen LogP contribution is 2.04. The lowest BCUT2D eigenvalue weighted by Gasteiger charge is -1.97. The van der Waals surface area contributed by atoms with E-state index in [0.29, 0.717) is 11.3 Å². The average molecular weight is 234 g/mol. The van der Waals surface area contributed by atoms with Crippen LogP contribution in [0.15, 0.2) is 45.7 Å². The van der Waals surface area contributed by atoms with Crippen LogP contribution in [0.3, 0.4) is 0 Å². The molecular formula is C11H14N4O2. The monoisotopic (exact) mass is 234 g/mol. The molecule has 0 fully saturated rings. The van der Waals surface area contributed by atoms with E-state index >= 15 is 0 Å². The number of nitrogens with one attached hydrogen (secondary N) is 1. The molecular weight excluding hydrogens is 220 g/mol. The predicted octanol–water partition coefficient (Wildman–Crippen LogP) is 0.775. The number of carboxylic acid groups (broad SMARTS) is 1. The van der Waals surface area contributed by atoms with Crippen molar-refractivity contribution in [3.05, 3.63) is 35.7 Å². The Morgan fingerprint density at radius 2 is 2.12 bits per heavy atom. The summed E-state index contributed by atoms with van der Waals surface area (Å²) >= 11 is 0. The molecule has 4 N–H and O–H groups in total. The molecule has 6 nitrogen and oxygen atoms in total. The van der Waals surface area contributed by atoms with Gasteiger partial charge in [0, 0.05) is 37.5 Å². The Bertz CT molecular complexity index is 431. The summed E-state index contributed by atoms with van der Waals surface area (Å²) in [6.45, 7) is 3.64. The van der Waals surface area contributed by atoms with Crippen LogP contribution in [0.5, 0.6) is 0 Å². The topological polar surface area (TPSA) is 112 Å². The van der Waals surface area contributed by atoms with Gasteiger partial charge in [0.25, 0.3) is 0 Å². The average Bonchev–Trinajstić information content (AvgIpc) is 2.30. The maximum absolute atomic E-state index is 10.5. The van der Waals surface area contributed by atoms with E-state index in [1.165, 1.54) is 24.7 Å². The van der Waals surface area contributed by atoms with Crippen molar-refractivity contribution >= 4 is 24.6 Å². The van der Waals surface area contributed by atoms with Crippen LogP contribution in [-0.4, -0.2) is 36.8 Å². The molecule has 0 aliphatic rings. The van der Waals surface area contributed by atoms with Crippen molar-refractivity contribution in [3.63, 3.8) is 0 Å². The summed E-state index contributed by atoms with van der Waals surface area (Å²) in [6, 6.07) is 0. The van der Waals surface area contributed by atoms with Crippen LogP contribution in [0.2, 0.25) is 0 Å². The molecule has 0 aromatic heterocycles. The minimum absolute atomic E-state index is 0.177. The van der Waals surface area contributed by atoms with Crippen molar-refractivity contribution in [2.45, 2.75) is 0 Å². The zero-order chi connectivity index (χ0) is 13.3. The van der Waals surface area contributed by atoms with E-state index in [1.807, 2.05) is 0 Å². The van der Waals surface area contributed by atoms with Gasteiger partial charge in [-0.15, -0.1) is 0 Å². The zero-order valence-electron chi connectivity index (χ0n) is 9.42. The van der Waals surface area contributed by atoms with Crippen molar-refractivity contribution in [3.8, 4) is 0 Å². The number of nitrogens with two attached hydrogens (primary N) is 1. The maximum atomic E-state index is 10.5. The van der Waals surface area contributed by atoms with E-state index in [-0.39, 0.29) is 5.57 Å². The van der Waals surface area contributed by atoms with Gasteiger partial charge in [-0.3, -0.25) is 9.98 Å². The van der Waals surface area contributed by atoms with Crippen LogP contribution in [-0.2, 0) is 4.79 Å². The van der Waals surface area contributed by atoms with Gasteiger partial charge in [0.05, 0.1) is 11.3 Å². The molecule has 90 valence electrons. The van der Waals surface area contributed by atoms with Gasteiger partial charge in [0.15, 0.2) is 0 Å². The first-order valence-electron chi connectivity index (χ1n) is 4.58. The maximum Gasteiger partial charge on any atom is 0.337 e. The van der Waals surface area contributed by atoms with E-state index in [4.69, 9.17) is 16.2 Å². The highest BCUT2D eigenvalue weighted by Gasteiger charge is 2.01. The van der Waals surface area contributed by atoms with Gasteiger partial charge in [-0.05, 0) is 6.08 Å². The molecule has 0 aromatic rings. The lowest BCUT2D eigenvalue weighted by atomic mass is 10.2. The molecule has 0 amide bonds. The summed E-state index contributed by atoms with van der Waals surface area (Å²) in [4.78, 5) is 18.2. The van der Waals surface area contributed by atoms with Gasteiger partial charge in [0.1, 0.15) is 0 Å². The van der Waals surface area contributed by atoms with Gasteiger partial charge < -0.3 is 16.2 Å². The van der Waals surface area contributed by atoms with Crippen LogP contribution < -0.4 is 5.73 Å². The number of allylic oxidation sites excluding steroid dienone is 2. The van der Waals surface area contributed by atoms with E-state index in [2.05, 4.69) is 16.6 Å². The Morgan fingerprint density at radius 3 is 2.53 bits per heavy atom. The van der Waals surface area contributed by atoms with Crippen molar-refractivity contribution in [1.29, 1.82) is 5.41 Å². The number of carboxylic acids is 1. The third-order valence-corrected chi connectivity index (χ3v) is 1.67. The minimum Gasteiger partial charge on any atom is -0.478 e. The van der Waals surface area contributed by atoms with Crippen LogP contribution in [0, 0.1) is 5.41 Å². The van der Waals surface area contributed by atoms with Crippen molar-refractivity contribution in [1.82, 2.24) is 0 Å². The first-order chi connectivity index (χ1) is 8.06. The molecule has 0 spiro atoms. The molecule has 0 bridgehead atoms. The Labute approximate surface area is 99.1 Å². The summed E-state index contributed by atoms with van der Waals surface area (Å²) in [6.07, 6.45) is 5.94. The van der Waals surface area contributed by atoms with Gasteiger partial charge in [-0.2, -0.15) is 0 Å². The largest absolute Gasteiger partial charge is 0.478 e. The third-order valence-electron chi connectivity index (χ3n) is 1.67. The van der Waals surface area contributed by atoms with Crippen molar-refractivity contribution < 1.29 is 9.90 Å². The minimum atomic E-state index is -1.19. The Kier molecular flexibility index (Phi) is 6.61. The van der Waals surface area contributed by atoms with Crippen molar-refractivity contribution in [2.24, 2.45) is 15.7 Å². The molecule has 0 radical (unpaired) electrons. The Morgan fingerprint density at radius 1 is 1.47 bits per heavy atom. The van der Waals surface area contributed by atoms with Gasteiger partial charge in [-0.25, -0.2) is 4.79 Å². The number of hydrogen-bond acceptors (Lipinski definition) is 5. The van der Waals surface area contributed by atoms with Crippen LogP contribution in [0.4, 0.5) is 0 Å². The lowest BCUT2D eigenvalue weighted by molar-refractivity contribution is -0.132. The Hall–Kier alpha value is -2.50. The van der Waals surface area contributed by atoms with Gasteiger partial charge >= 0.3 is 5.97 Å². The standard InChI is InChI=1S/C11H14N4O2/c1-8(10(6-13)7-14-2)15-4-3-9(5-12)11(16)17/h3-7,12H,1,13H2,2H3,(H,16,17)/b9-3?,10-6+,12-5?,14-7?,15-4?. The highest BCUT2D eigenvalue weighted by molar-refractivity contribution is 6.10. The SMILES string of the molecule is C=C(N=CC=C(C=N)C(=O)O)/C(C=NC)=C/N. The van der Waals surface area contributed by atoms with Crippen molar-refractivity contribution in [2.75, 3.05) is 7.05 Å². The number of carbonyl (C=O) groups is 1. The summed E-state index contributed by atoms with van der Waals surface area (Å²) in [5.41, 5.74) is 6.04. The quantitative estimate of drug-likeness (QED) is 0.358. The first-order valence-corrected chi connectivity index (χ1v) is 4.58. The molecule has 0 saturated heterocycles. The second-order valence-electron chi connectivity index (χ2n) is 2.81. The molecule has 17 heavy (non-hydrogen) atoms.